The van der Waals surface area contributed by atoms with E-state index in [-0.39, 0.29) is 27.0 Å². The second kappa shape index (κ2) is 7.63. The van der Waals surface area contributed by atoms with Crippen LogP contribution in [0, 0.1) is 0 Å². The number of rotatable bonds is 8. The summed E-state index contributed by atoms with van der Waals surface area (Å²) in [4.78, 5) is 11.0. The van der Waals surface area contributed by atoms with Gasteiger partial charge in [0.25, 0.3) is 0 Å². The summed E-state index contributed by atoms with van der Waals surface area (Å²) in [7, 11) is -0.933. The molecule has 0 radical (unpaired) electrons. The zero-order valence-electron chi connectivity index (χ0n) is 11.8. The van der Waals surface area contributed by atoms with E-state index in [9.17, 15) is 13.2 Å². The van der Waals surface area contributed by atoms with Crippen LogP contribution in [-0.2, 0) is 14.6 Å². The van der Waals surface area contributed by atoms with Gasteiger partial charge in [0.05, 0.1) is 12.9 Å². The normalized spacial score (nSPS) is 11.4. The highest BCUT2D eigenvalue weighted by Gasteiger charge is 2.25. The van der Waals surface area contributed by atoms with Crippen LogP contribution in [-0.4, -0.2) is 46.1 Å². The van der Waals surface area contributed by atoms with Crippen LogP contribution < -0.4 is 4.74 Å². The Hall–Kier alpha value is -1.31. The molecular weight excluding hydrogens is 320 g/mol. The highest BCUT2D eigenvalue weighted by atomic mass is 35.5. The van der Waals surface area contributed by atoms with Gasteiger partial charge in [-0.25, -0.2) is 13.2 Å². The number of carbonyl (C=O) groups is 1. The van der Waals surface area contributed by atoms with Crippen LogP contribution >= 0.6 is 11.6 Å². The molecule has 0 spiro atoms. The molecule has 1 aromatic rings. The van der Waals surface area contributed by atoms with Gasteiger partial charge in [0.2, 0.25) is 0 Å². The van der Waals surface area contributed by atoms with Crippen molar-refractivity contribution in [2.24, 2.45) is 0 Å². The zero-order chi connectivity index (χ0) is 16.0. The van der Waals surface area contributed by atoms with E-state index in [0.717, 1.165) is 6.07 Å². The molecule has 8 heteroatoms. The minimum Gasteiger partial charge on any atom is -0.494 e. The van der Waals surface area contributed by atoms with Gasteiger partial charge in [-0.05, 0) is 25.0 Å². The average molecular weight is 337 g/mol. The molecule has 0 saturated heterocycles. The summed E-state index contributed by atoms with van der Waals surface area (Å²) >= 11 is 5.81. The number of benzene rings is 1. The zero-order valence-corrected chi connectivity index (χ0v) is 13.3. The van der Waals surface area contributed by atoms with Crippen molar-refractivity contribution in [1.82, 2.24) is 0 Å². The van der Waals surface area contributed by atoms with E-state index in [0.29, 0.717) is 19.4 Å². The number of hydrogen-bond donors (Lipinski definition) is 1. The third kappa shape index (κ3) is 4.59. The molecule has 118 valence electrons. The quantitative estimate of drug-likeness (QED) is 0.732. The summed E-state index contributed by atoms with van der Waals surface area (Å²) in [6.45, 7) is 0.461. The van der Waals surface area contributed by atoms with Crippen LogP contribution in [0.25, 0.3) is 0 Å². The van der Waals surface area contributed by atoms with E-state index in [1.165, 1.54) is 20.3 Å². The van der Waals surface area contributed by atoms with Crippen molar-refractivity contribution in [3.05, 3.63) is 22.7 Å². The van der Waals surface area contributed by atoms with Gasteiger partial charge in [-0.1, -0.05) is 11.6 Å². The van der Waals surface area contributed by atoms with Gasteiger partial charge < -0.3 is 14.6 Å². The van der Waals surface area contributed by atoms with Crippen LogP contribution in [0.1, 0.15) is 23.2 Å². The number of sulfone groups is 1. The SMILES string of the molecule is COCCCCS(=O)(=O)c1cc(Cl)cc(C(=O)O)c1OC. The highest BCUT2D eigenvalue weighted by Crippen LogP contribution is 2.32. The molecule has 1 N–H and O–H groups in total. The fraction of sp³-hybridized carbons (Fsp3) is 0.462. The van der Waals surface area contributed by atoms with E-state index in [2.05, 4.69) is 0 Å². The Kier molecular flexibility index (Phi) is 6.44. The second-order valence-electron chi connectivity index (χ2n) is 4.31. The van der Waals surface area contributed by atoms with Gasteiger partial charge >= 0.3 is 5.97 Å². The lowest BCUT2D eigenvalue weighted by Crippen LogP contribution is -2.12. The molecule has 0 aromatic heterocycles. The maximum absolute atomic E-state index is 12.3. The number of carboxylic acids is 1. The Labute approximate surface area is 128 Å². The van der Waals surface area contributed by atoms with Crippen molar-refractivity contribution in [3.63, 3.8) is 0 Å². The van der Waals surface area contributed by atoms with Crippen LogP contribution in [0.3, 0.4) is 0 Å². The molecule has 1 aromatic carbocycles. The molecule has 0 unspecified atom stereocenters. The van der Waals surface area contributed by atoms with Crippen LogP contribution in [0.5, 0.6) is 5.75 Å². The summed E-state index contributed by atoms with van der Waals surface area (Å²) in [6.07, 6.45) is 0.985. The van der Waals surface area contributed by atoms with Crippen molar-refractivity contribution in [1.29, 1.82) is 0 Å². The summed E-state index contributed by atoms with van der Waals surface area (Å²) < 4.78 is 34.5. The molecule has 0 fully saturated rings. The predicted octanol–water partition coefficient (Wildman–Crippen LogP) is 2.25. The molecule has 0 aliphatic rings. The largest absolute Gasteiger partial charge is 0.494 e. The van der Waals surface area contributed by atoms with Crippen molar-refractivity contribution < 1.29 is 27.8 Å². The van der Waals surface area contributed by atoms with Gasteiger partial charge in [0.1, 0.15) is 10.5 Å². The third-order valence-corrected chi connectivity index (χ3v) is 4.82. The van der Waals surface area contributed by atoms with Crippen molar-refractivity contribution >= 4 is 27.4 Å². The molecule has 0 amide bonds. The van der Waals surface area contributed by atoms with Crippen LogP contribution in [0.15, 0.2) is 17.0 Å². The number of unbranched alkanes of at least 4 members (excludes halogenated alkanes) is 1. The number of methoxy groups -OCH3 is 2. The molecule has 1 rings (SSSR count). The summed E-state index contributed by atoms with van der Waals surface area (Å²) in [6, 6.07) is 2.37. The lowest BCUT2D eigenvalue weighted by molar-refractivity contribution is 0.0693. The first kappa shape index (κ1) is 17.7. The number of ether oxygens (including phenoxy) is 2. The number of carboxylic acid groups (broad SMARTS) is 1. The first-order valence-corrected chi connectivity index (χ1v) is 8.19. The lowest BCUT2D eigenvalue weighted by Gasteiger charge is -2.12. The number of hydrogen-bond acceptors (Lipinski definition) is 5. The average Bonchev–Trinajstić information content (AvgIpc) is 2.42. The fourth-order valence-corrected chi connectivity index (χ4v) is 3.69. The standard InChI is InChI=1S/C13H17ClO6S/c1-19-5-3-4-6-21(17,18)11-8-9(14)7-10(13(15)16)12(11)20-2/h7-8H,3-6H2,1-2H3,(H,15,16). The van der Waals surface area contributed by atoms with Crippen molar-refractivity contribution in [2.45, 2.75) is 17.7 Å². The Bertz CT molecular complexity index is 611. The van der Waals surface area contributed by atoms with Crippen molar-refractivity contribution in [2.75, 3.05) is 26.6 Å². The minimum atomic E-state index is -3.69. The van der Waals surface area contributed by atoms with E-state index >= 15 is 0 Å². The molecule has 0 atom stereocenters. The van der Waals surface area contributed by atoms with Gasteiger partial charge in [0.15, 0.2) is 15.6 Å². The van der Waals surface area contributed by atoms with Gasteiger partial charge in [-0.2, -0.15) is 0 Å². The van der Waals surface area contributed by atoms with Crippen molar-refractivity contribution in [3.8, 4) is 5.75 Å². The van der Waals surface area contributed by atoms with E-state index in [1.807, 2.05) is 0 Å². The van der Waals surface area contributed by atoms with E-state index < -0.39 is 15.8 Å². The fourth-order valence-electron chi connectivity index (χ4n) is 1.82. The minimum absolute atomic E-state index is 0.0312. The first-order valence-electron chi connectivity index (χ1n) is 6.16. The van der Waals surface area contributed by atoms with E-state index in [4.69, 9.17) is 26.2 Å². The Morgan fingerprint density at radius 2 is 1.95 bits per heavy atom. The molecule has 0 aliphatic carbocycles. The Morgan fingerprint density at radius 3 is 2.48 bits per heavy atom. The summed E-state index contributed by atoms with van der Waals surface area (Å²) in [5, 5.41) is 9.14. The molecular formula is C13H17ClO6S. The molecule has 0 aliphatic heterocycles. The summed E-state index contributed by atoms with van der Waals surface area (Å²) in [5.41, 5.74) is -0.277. The molecule has 0 saturated carbocycles. The third-order valence-electron chi connectivity index (χ3n) is 2.80. The maximum atomic E-state index is 12.3. The Morgan fingerprint density at radius 1 is 1.29 bits per heavy atom. The number of halogens is 1. The topological polar surface area (TPSA) is 89.9 Å². The predicted molar refractivity (Wildman–Crippen MR) is 78.1 cm³/mol. The molecule has 6 nitrogen and oxygen atoms in total. The molecule has 21 heavy (non-hydrogen) atoms. The maximum Gasteiger partial charge on any atom is 0.339 e. The monoisotopic (exact) mass is 336 g/mol. The molecule has 0 heterocycles. The lowest BCUT2D eigenvalue weighted by atomic mass is 10.2. The molecule has 0 bridgehead atoms. The van der Waals surface area contributed by atoms with Gasteiger partial charge in [0, 0.05) is 18.7 Å². The Balaban J connectivity index is 3.19. The highest BCUT2D eigenvalue weighted by molar-refractivity contribution is 7.91. The smallest absolute Gasteiger partial charge is 0.339 e. The van der Waals surface area contributed by atoms with E-state index in [1.54, 1.807) is 0 Å². The van der Waals surface area contributed by atoms with Gasteiger partial charge in [-0.15, -0.1) is 0 Å². The summed E-state index contributed by atoms with van der Waals surface area (Å²) in [5.74, 6) is -1.63. The first-order chi connectivity index (χ1) is 9.83. The second-order valence-corrected chi connectivity index (χ2v) is 6.82. The number of aromatic carboxylic acids is 1. The van der Waals surface area contributed by atoms with Crippen LogP contribution in [0.2, 0.25) is 5.02 Å². The van der Waals surface area contributed by atoms with Gasteiger partial charge in [-0.3, -0.25) is 0 Å². The van der Waals surface area contributed by atoms with Crippen LogP contribution in [0.4, 0.5) is 0 Å².